The predicted octanol–water partition coefficient (Wildman–Crippen LogP) is 4.83. The number of carbonyl (C=O) groups excluding carboxylic acids is 1. The Balaban J connectivity index is 0.00000146. The fourth-order valence-corrected chi connectivity index (χ4v) is 1.70. The number of aromatic nitrogens is 4. The third-order valence-corrected chi connectivity index (χ3v) is 2.56. The second-order valence-corrected chi connectivity index (χ2v) is 5.82. The van der Waals surface area contributed by atoms with Crippen molar-refractivity contribution in [2.45, 2.75) is 60.7 Å². The Hall–Kier alpha value is -2.35. The smallest absolute Gasteiger partial charge is 0.412 e. The number of hydrogen-bond acceptors (Lipinski definition) is 6. The highest BCUT2D eigenvalue weighted by molar-refractivity contribution is 6.31. The third kappa shape index (κ3) is 9.22. The molecule has 1 aromatic carbocycles. The summed E-state index contributed by atoms with van der Waals surface area (Å²) < 4.78 is 10.8. The molecule has 9 heteroatoms. The summed E-state index contributed by atoms with van der Waals surface area (Å²) in [5.41, 5.74) is -0.209. The van der Waals surface area contributed by atoms with Crippen molar-refractivity contribution in [3.05, 3.63) is 29.0 Å². The van der Waals surface area contributed by atoms with Gasteiger partial charge in [-0.15, -0.1) is 10.2 Å². The molecule has 1 aromatic heterocycles. The molecule has 0 saturated heterocycles. The SMILES string of the molecule is CC.CC.CC(C)(C)OC(=O)Nc1cc(Cl)ccc1OCc1nn[nH]n1. The number of nitrogens with one attached hydrogen (secondary N) is 2. The number of halogens is 1. The summed E-state index contributed by atoms with van der Waals surface area (Å²) in [6.45, 7) is 13.4. The molecule has 0 aliphatic heterocycles. The molecule has 0 atom stereocenters. The maximum absolute atomic E-state index is 11.9. The van der Waals surface area contributed by atoms with Crippen LogP contribution in [0.2, 0.25) is 5.02 Å². The molecule has 146 valence electrons. The summed E-state index contributed by atoms with van der Waals surface area (Å²) in [5.74, 6) is 0.804. The molecule has 0 radical (unpaired) electrons. The fourth-order valence-electron chi connectivity index (χ4n) is 1.53. The zero-order valence-corrected chi connectivity index (χ0v) is 17.1. The number of carbonyl (C=O) groups is 1. The molecule has 0 bridgehead atoms. The van der Waals surface area contributed by atoms with Gasteiger partial charge in [0.1, 0.15) is 11.4 Å². The van der Waals surface area contributed by atoms with E-state index in [-0.39, 0.29) is 6.61 Å². The molecule has 0 unspecified atom stereocenters. The number of amides is 1. The van der Waals surface area contributed by atoms with Crippen molar-refractivity contribution in [3.63, 3.8) is 0 Å². The largest absolute Gasteiger partial charge is 0.483 e. The van der Waals surface area contributed by atoms with Gasteiger partial charge in [-0.2, -0.15) is 5.21 Å². The lowest BCUT2D eigenvalue weighted by molar-refractivity contribution is 0.0635. The van der Waals surface area contributed by atoms with E-state index < -0.39 is 11.7 Å². The highest BCUT2D eigenvalue weighted by Gasteiger charge is 2.18. The minimum Gasteiger partial charge on any atom is -0.483 e. The normalized spacial score (nSPS) is 9.85. The van der Waals surface area contributed by atoms with Gasteiger partial charge in [0, 0.05) is 5.02 Å². The molecule has 0 fully saturated rings. The van der Waals surface area contributed by atoms with Crippen LogP contribution >= 0.6 is 11.6 Å². The standard InChI is InChI=1S/C13H16ClN5O3.2C2H6/c1-13(2,3)22-12(20)15-9-6-8(14)4-5-10(9)21-7-11-16-18-19-17-11;2*1-2/h4-6H,7H2,1-3H3,(H,15,20)(H,16,17,18,19);2*1-2H3. The maximum Gasteiger partial charge on any atom is 0.412 e. The number of hydrogen-bond donors (Lipinski definition) is 2. The summed E-state index contributed by atoms with van der Waals surface area (Å²) in [7, 11) is 0. The van der Waals surface area contributed by atoms with Gasteiger partial charge in [-0.05, 0) is 39.0 Å². The second kappa shape index (κ2) is 12.1. The highest BCUT2D eigenvalue weighted by atomic mass is 35.5. The minimum absolute atomic E-state index is 0.0983. The Morgan fingerprint density at radius 1 is 1.23 bits per heavy atom. The average Bonchev–Trinajstić information content (AvgIpc) is 3.09. The first-order chi connectivity index (χ1) is 12.3. The van der Waals surface area contributed by atoms with E-state index in [0.717, 1.165) is 0 Å². The molecule has 1 heterocycles. The number of rotatable bonds is 4. The van der Waals surface area contributed by atoms with Gasteiger partial charge in [0.25, 0.3) is 0 Å². The van der Waals surface area contributed by atoms with Gasteiger partial charge in [0.05, 0.1) is 5.69 Å². The molecule has 2 rings (SSSR count). The topological polar surface area (TPSA) is 102 Å². The molecular weight excluding hydrogens is 358 g/mol. The fraction of sp³-hybridized carbons (Fsp3) is 0.529. The van der Waals surface area contributed by atoms with Gasteiger partial charge < -0.3 is 9.47 Å². The first-order valence-corrected chi connectivity index (χ1v) is 8.86. The summed E-state index contributed by atoms with van der Waals surface area (Å²) >= 11 is 5.95. The molecule has 2 N–H and O–H groups in total. The highest BCUT2D eigenvalue weighted by Crippen LogP contribution is 2.29. The number of aromatic amines is 1. The van der Waals surface area contributed by atoms with E-state index in [1.165, 1.54) is 0 Å². The van der Waals surface area contributed by atoms with Crippen molar-refractivity contribution in [2.75, 3.05) is 5.32 Å². The van der Waals surface area contributed by atoms with Crippen LogP contribution in [-0.4, -0.2) is 32.3 Å². The van der Waals surface area contributed by atoms with Crippen LogP contribution in [0.1, 0.15) is 54.3 Å². The Kier molecular flexibility index (Phi) is 11.0. The van der Waals surface area contributed by atoms with Crippen molar-refractivity contribution < 1.29 is 14.3 Å². The zero-order chi connectivity index (χ0) is 20.2. The number of nitrogens with zero attached hydrogens (tertiary/aromatic N) is 3. The monoisotopic (exact) mass is 385 g/mol. The molecule has 1 amide bonds. The lowest BCUT2D eigenvalue weighted by Gasteiger charge is -2.20. The van der Waals surface area contributed by atoms with Crippen molar-refractivity contribution in [1.29, 1.82) is 0 Å². The average molecular weight is 386 g/mol. The molecule has 2 aromatic rings. The van der Waals surface area contributed by atoms with Crippen molar-refractivity contribution in [3.8, 4) is 5.75 Å². The Bertz CT molecular complexity index is 642. The van der Waals surface area contributed by atoms with Crippen molar-refractivity contribution in [2.24, 2.45) is 0 Å². The van der Waals surface area contributed by atoms with E-state index >= 15 is 0 Å². The molecule has 0 spiro atoms. The second-order valence-electron chi connectivity index (χ2n) is 5.38. The van der Waals surface area contributed by atoms with Crippen LogP contribution in [0.25, 0.3) is 0 Å². The van der Waals surface area contributed by atoms with E-state index in [0.29, 0.717) is 22.3 Å². The van der Waals surface area contributed by atoms with Gasteiger partial charge in [-0.3, -0.25) is 5.32 Å². The van der Waals surface area contributed by atoms with Gasteiger partial charge in [0.15, 0.2) is 6.61 Å². The van der Waals surface area contributed by atoms with Crippen LogP contribution in [0.4, 0.5) is 10.5 Å². The molecule has 0 aliphatic rings. The van der Waals surface area contributed by atoms with Gasteiger partial charge in [-0.1, -0.05) is 44.5 Å². The van der Waals surface area contributed by atoms with Crippen LogP contribution in [0.3, 0.4) is 0 Å². The number of H-pyrrole nitrogens is 1. The lowest BCUT2D eigenvalue weighted by atomic mass is 10.2. The Morgan fingerprint density at radius 3 is 2.42 bits per heavy atom. The summed E-state index contributed by atoms with van der Waals surface area (Å²) in [6.07, 6.45) is -0.598. The minimum atomic E-state index is -0.603. The van der Waals surface area contributed by atoms with Crippen LogP contribution in [0, 0.1) is 0 Å². The van der Waals surface area contributed by atoms with Gasteiger partial charge in [-0.25, -0.2) is 4.79 Å². The summed E-state index contributed by atoms with van der Waals surface area (Å²) in [5, 5.41) is 16.4. The van der Waals surface area contributed by atoms with E-state index in [1.54, 1.807) is 39.0 Å². The van der Waals surface area contributed by atoms with E-state index in [9.17, 15) is 4.79 Å². The van der Waals surface area contributed by atoms with Crippen molar-refractivity contribution >= 4 is 23.4 Å². The van der Waals surface area contributed by atoms with Gasteiger partial charge >= 0.3 is 6.09 Å². The quantitative estimate of drug-likeness (QED) is 0.781. The zero-order valence-electron chi connectivity index (χ0n) is 16.4. The van der Waals surface area contributed by atoms with E-state index in [1.807, 2.05) is 27.7 Å². The van der Waals surface area contributed by atoms with Crippen LogP contribution in [0.15, 0.2) is 18.2 Å². The number of anilines is 1. The lowest BCUT2D eigenvalue weighted by Crippen LogP contribution is -2.27. The summed E-state index contributed by atoms with van der Waals surface area (Å²) in [6, 6.07) is 4.85. The van der Waals surface area contributed by atoms with E-state index in [4.69, 9.17) is 21.1 Å². The van der Waals surface area contributed by atoms with Crippen LogP contribution < -0.4 is 10.1 Å². The van der Waals surface area contributed by atoms with Crippen LogP contribution in [-0.2, 0) is 11.3 Å². The predicted molar refractivity (Wildman–Crippen MR) is 103 cm³/mol. The third-order valence-electron chi connectivity index (χ3n) is 2.32. The van der Waals surface area contributed by atoms with Crippen molar-refractivity contribution in [1.82, 2.24) is 20.6 Å². The molecule has 0 aliphatic carbocycles. The van der Waals surface area contributed by atoms with Gasteiger partial charge in [0.2, 0.25) is 5.82 Å². The number of ether oxygens (including phenoxy) is 2. The van der Waals surface area contributed by atoms with Crippen LogP contribution in [0.5, 0.6) is 5.75 Å². The molecular formula is C17H28ClN5O3. The molecule has 26 heavy (non-hydrogen) atoms. The van der Waals surface area contributed by atoms with E-state index in [2.05, 4.69) is 25.9 Å². The molecule has 0 saturated carbocycles. The molecule has 8 nitrogen and oxygen atoms in total. The first kappa shape index (κ1) is 23.6. The maximum atomic E-state index is 11.9. The Labute approximate surface area is 159 Å². The number of benzene rings is 1. The first-order valence-electron chi connectivity index (χ1n) is 8.48. The Morgan fingerprint density at radius 2 is 1.88 bits per heavy atom. The summed E-state index contributed by atoms with van der Waals surface area (Å²) in [4.78, 5) is 11.9. The number of tetrazole rings is 1.